The number of allylic oxidation sites excluding steroid dienone is 4. The summed E-state index contributed by atoms with van der Waals surface area (Å²) in [6.45, 7) is 7.44. The van der Waals surface area contributed by atoms with Gasteiger partial charge in [-0.2, -0.15) is 0 Å². The molecule has 8 N–H and O–H groups in total. The first kappa shape index (κ1) is 94.4. The van der Waals surface area contributed by atoms with Crippen molar-refractivity contribution in [2.75, 3.05) is 26.4 Å². The summed E-state index contributed by atoms with van der Waals surface area (Å²) in [7, 11) is 0. The molecule has 528 valence electrons. The van der Waals surface area contributed by atoms with Gasteiger partial charge in [-0.1, -0.05) is 360 Å². The minimum absolute atomic E-state index is 0.406. The number of hydrogen-bond donors (Lipinski definition) is 8. The van der Waals surface area contributed by atoms with Crippen LogP contribution in [0.25, 0.3) is 0 Å². The van der Waals surface area contributed by atoms with Crippen LogP contribution in [0.4, 0.5) is 0 Å². The maximum absolute atomic E-state index is 10.2. The van der Waals surface area contributed by atoms with Crippen LogP contribution in [0, 0.1) is 5.41 Å². The first-order valence-electron chi connectivity index (χ1n) is 37.3. The van der Waals surface area contributed by atoms with Crippen LogP contribution in [-0.4, -0.2) is 91.2 Å². The van der Waals surface area contributed by atoms with Crippen molar-refractivity contribution in [3.63, 3.8) is 0 Å². The van der Waals surface area contributed by atoms with E-state index in [4.69, 9.17) is 40.9 Å². The van der Waals surface area contributed by atoms with Gasteiger partial charge in [0.2, 0.25) is 0 Å². The predicted octanol–water partition coefficient (Wildman–Crippen LogP) is 22.4. The van der Waals surface area contributed by atoms with E-state index < -0.39 is 55.7 Å². The minimum atomic E-state index is -1.11. The molecular formula is C77H148O12. The zero-order valence-electron chi connectivity index (χ0n) is 58.8. The summed E-state index contributed by atoms with van der Waals surface area (Å²) < 4.78 is 0. The molecule has 0 aliphatic rings. The van der Waals surface area contributed by atoms with Crippen LogP contribution in [0.15, 0.2) is 48.6 Å². The Morgan fingerprint density at radius 3 is 0.416 bits per heavy atom. The van der Waals surface area contributed by atoms with E-state index in [0.29, 0.717) is 0 Å². The number of aliphatic hydroxyl groups is 4. The van der Waals surface area contributed by atoms with Gasteiger partial charge in [-0.15, -0.1) is 0 Å². The van der Waals surface area contributed by atoms with Crippen LogP contribution in [0.5, 0.6) is 0 Å². The summed E-state index contributed by atoms with van der Waals surface area (Å²) in [4.78, 5) is 41.0. The van der Waals surface area contributed by atoms with Crippen LogP contribution in [0.2, 0.25) is 0 Å². The topological polar surface area (TPSA) is 230 Å². The molecule has 0 aromatic rings. The summed E-state index contributed by atoms with van der Waals surface area (Å²) in [5.41, 5.74) is -1.11. The zero-order chi connectivity index (χ0) is 66.9. The SMILES string of the molecule is CCCCCCCCCCCCCCCC=CC(=O)O.CCCCCCCCCCCCCCCC=CC(=O)O.CCCCCCCCCCCCCCCC=CC(=O)O.CCCCCCCCCCCCCCCC=CC(=O)O.OCC(CO)(CO)CO. The lowest BCUT2D eigenvalue weighted by Crippen LogP contribution is -2.37. The monoisotopic (exact) mass is 1270 g/mol. The molecule has 0 amide bonds. The van der Waals surface area contributed by atoms with E-state index >= 15 is 0 Å². The minimum Gasteiger partial charge on any atom is -0.478 e. The highest BCUT2D eigenvalue weighted by molar-refractivity contribution is 5.80. The third-order valence-corrected chi connectivity index (χ3v) is 16.3. The number of carboxylic acids is 4. The summed E-state index contributed by atoms with van der Waals surface area (Å²) in [6, 6.07) is 0. The van der Waals surface area contributed by atoms with Gasteiger partial charge in [-0.25, -0.2) is 19.2 Å². The molecule has 0 aromatic heterocycles. The zero-order valence-corrected chi connectivity index (χ0v) is 58.8. The fourth-order valence-corrected chi connectivity index (χ4v) is 10.2. The lowest BCUT2D eigenvalue weighted by atomic mass is 9.93. The van der Waals surface area contributed by atoms with Crippen LogP contribution in [-0.2, 0) is 19.2 Å². The maximum atomic E-state index is 10.2. The van der Waals surface area contributed by atoms with Crippen molar-refractivity contribution in [2.24, 2.45) is 5.41 Å². The Morgan fingerprint density at radius 2 is 0.326 bits per heavy atom. The number of aliphatic hydroxyl groups excluding tert-OH is 4. The van der Waals surface area contributed by atoms with Gasteiger partial charge < -0.3 is 40.9 Å². The molecule has 0 saturated carbocycles. The number of carbonyl (C=O) groups is 4. The van der Waals surface area contributed by atoms with Crippen molar-refractivity contribution in [3.05, 3.63) is 48.6 Å². The average molecular weight is 1270 g/mol. The van der Waals surface area contributed by atoms with E-state index in [0.717, 1.165) is 51.4 Å². The molecule has 0 saturated heterocycles. The molecule has 0 aliphatic heterocycles. The Kier molecular flexibility index (Phi) is 92.0. The van der Waals surface area contributed by atoms with Gasteiger partial charge in [0.05, 0.1) is 31.8 Å². The molecule has 0 spiro atoms. The largest absolute Gasteiger partial charge is 0.478 e. The van der Waals surface area contributed by atoms with E-state index in [2.05, 4.69) is 27.7 Å². The van der Waals surface area contributed by atoms with Gasteiger partial charge in [0.15, 0.2) is 0 Å². The Bertz CT molecular complexity index is 1290. The number of rotatable bonds is 64. The van der Waals surface area contributed by atoms with Crippen molar-refractivity contribution in [3.8, 4) is 0 Å². The van der Waals surface area contributed by atoms with Crippen LogP contribution >= 0.6 is 0 Å². The molecule has 0 bridgehead atoms. The first-order chi connectivity index (χ1) is 43.3. The number of unbranched alkanes of at least 4 members (excludes halogenated alkanes) is 52. The van der Waals surface area contributed by atoms with Crippen molar-refractivity contribution >= 4 is 23.9 Å². The molecule has 0 unspecified atom stereocenters. The standard InChI is InChI=1S/4C18H34O2.C5H12O4/c4*1-2-3-4-5-6-7-8-9-10-11-12-13-14-15-16-17-18(19)20;6-1-5(2-7,3-8)4-9/h4*16-17H,2-15H2,1H3,(H,19,20);6-9H,1-4H2. The predicted molar refractivity (Wildman–Crippen MR) is 379 cm³/mol. The second kappa shape index (κ2) is 86.7. The maximum Gasteiger partial charge on any atom is 0.327 e. The van der Waals surface area contributed by atoms with Crippen LogP contribution < -0.4 is 0 Å². The highest BCUT2D eigenvalue weighted by atomic mass is 16.4. The molecule has 0 atom stereocenters. The molecular weight excluding hydrogens is 1120 g/mol. The second-order valence-electron chi connectivity index (χ2n) is 25.2. The van der Waals surface area contributed by atoms with Crippen molar-refractivity contribution < 1.29 is 60.0 Å². The lowest BCUT2D eigenvalue weighted by Gasteiger charge is -2.23. The molecule has 0 rings (SSSR count). The fraction of sp³-hybridized carbons (Fsp3) is 0.844. The molecule has 89 heavy (non-hydrogen) atoms. The summed E-state index contributed by atoms with van der Waals surface area (Å²) >= 11 is 0. The Labute approximate surface area is 549 Å². The summed E-state index contributed by atoms with van der Waals surface area (Å²) in [6.07, 6.45) is 86.2. The van der Waals surface area contributed by atoms with Gasteiger partial charge in [0.1, 0.15) is 0 Å². The molecule has 0 radical (unpaired) electrons. The van der Waals surface area contributed by atoms with E-state index in [1.807, 2.05) is 0 Å². The van der Waals surface area contributed by atoms with Crippen molar-refractivity contribution in [2.45, 2.75) is 387 Å². The fourth-order valence-electron chi connectivity index (χ4n) is 10.2. The van der Waals surface area contributed by atoms with Gasteiger partial charge in [-0.3, -0.25) is 0 Å². The number of carboxylic acid groups (broad SMARTS) is 4. The molecule has 0 heterocycles. The quantitative estimate of drug-likeness (QED) is 0.0210. The number of aliphatic carboxylic acids is 4. The normalized spacial score (nSPS) is 11.3. The van der Waals surface area contributed by atoms with E-state index in [1.54, 1.807) is 24.3 Å². The smallest absolute Gasteiger partial charge is 0.327 e. The highest BCUT2D eigenvalue weighted by Crippen LogP contribution is 2.18. The molecule has 0 aliphatic carbocycles. The van der Waals surface area contributed by atoms with Gasteiger partial charge in [-0.05, 0) is 51.4 Å². The van der Waals surface area contributed by atoms with Crippen LogP contribution in [0.3, 0.4) is 0 Å². The average Bonchev–Trinajstić information content (AvgIpc) is 3.74. The van der Waals surface area contributed by atoms with Gasteiger partial charge in [0, 0.05) is 24.3 Å². The van der Waals surface area contributed by atoms with Crippen molar-refractivity contribution in [1.29, 1.82) is 0 Å². The molecule has 12 nitrogen and oxygen atoms in total. The van der Waals surface area contributed by atoms with E-state index in [9.17, 15) is 19.2 Å². The van der Waals surface area contributed by atoms with Gasteiger partial charge in [0.25, 0.3) is 0 Å². The third-order valence-electron chi connectivity index (χ3n) is 16.3. The van der Waals surface area contributed by atoms with Gasteiger partial charge >= 0.3 is 23.9 Å². The Morgan fingerprint density at radius 1 is 0.213 bits per heavy atom. The summed E-state index contributed by atoms with van der Waals surface area (Å²) in [5, 5.41) is 67.7. The molecule has 12 heteroatoms. The lowest BCUT2D eigenvalue weighted by molar-refractivity contribution is -0.132. The third kappa shape index (κ3) is 98.5. The van der Waals surface area contributed by atoms with E-state index in [1.165, 1.54) is 333 Å². The van der Waals surface area contributed by atoms with Crippen molar-refractivity contribution in [1.82, 2.24) is 0 Å². The molecule has 0 fully saturated rings. The Hall–Kier alpha value is -3.32. The van der Waals surface area contributed by atoms with E-state index in [-0.39, 0.29) is 0 Å². The summed E-state index contributed by atoms with van der Waals surface area (Å²) in [5.74, 6) is -3.33. The Balaban J connectivity index is -0.000000336. The molecule has 0 aromatic carbocycles. The number of hydrogen-bond acceptors (Lipinski definition) is 8. The highest BCUT2D eigenvalue weighted by Gasteiger charge is 2.26. The second-order valence-corrected chi connectivity index (χ2v) is 25.2. The van der Waals surface area contributed by atoms with Crippen LogP contribution in [0.1, 0.15) is 387 Å². The first-order valence-corrected chi connectivity index (χ1v) is 37.3.